The largest absolute Gasteiger partial charge is 0.494 e. The van der Waals surface area contributed by atoms with E-state index in [1.807, 2.05) is 4.72 Å². The predicted molar refractivity (Wildman–Crippen MR) is 135 cm³/mol. The highest BCUT2D eigenvalue weighted by Gasteiger charge is 2.20. The summed E-state index contributed by atoms with van der Waals surface area (Å²) < 4.78 is 33.0. The van der Waals surface area contributed by atoms with E-state index in [1.165, 1.54) is 36.5 Å². The van der Waals surface area contributed by atoms with Gasteiger partial charge in [0.15, 0.2) is 0 Å². The van der Waals surface area contributed by atoms with Crippen molar-refractivity contribution in [3.63, 3.8) is 0 Å². The molecule has 0 saturated carbocycles. The van der Waals surface area contributed by atoms with E-state index in [9.17, 15) is 23.1 Å². The molecule has 5 rings (SSSR count). The Kier molecular flexibility index (Phi) is 6.12. The average molecular weight is 546 g/mol. The number of halogens is 1. The molecule has 3 aromatic heterocycles. The van der Waals surface area contributed by atoms with Crippen LogP contribution in [-0.2, 0) is 14.8 Å². The summed E-state index contributed by atoms with van der Waals surface area (Å²) >= 11 is 6.56. The third kappa shape index (κ3) is 4.63. The van der Waals surface area contributed by atoms with E-state index in [2.05, 4.69) is 15.3 Å². The van der Waals surface area contributed by atoms with E-state index >= 15 is 0 Å². The monoisotopic (exact) mass is 545 g/mol. The van der Waals surface area contributed by atoms with Crippen LogP contribution in [0.5, 0.6) is 5.88 Å². The molecular weight excluding hydrogens is 530 g/mol. The third-order valence-electron chi connectivity index (χ3n) is 5.11. The minimum absolute atomic E-state index is 0.0961. The number of nitrogens with zero attached hydrogens (tertiary/aromatic N) is 3. The number of aromatic hydroxyl groups is 1. The maximum absolute atomic E-state index is 12.8. The summed E-state index contributed by atoms with van der Waals surface area (Å²) in [6, 6.07) is 10.9. The van der Waals surface area contributed by atoms with Gasteiger partial charge in [-0.15, -0.1) is 11.3 Å². The fourth-order valence-electron chi connectivity index (χ4n) is 3.54. The van der Waals surface area contributed by atoms with Crippen molar-refractivity contribution in [1.82, 2.24) is 14.3 Å². The summed E-state index contributed by atoms with van der Waals surface area (Å²) in [6.45, 7) is 1.06. The van der Waals surface area contributed by atoms with Crippen LogP contribution in [0.4, 0.5) is 10.5 Å². The highest BCUT2D eigenvalue weighted by Crippen LogP contribution is 2.27. The van der Waals surface area contributed by atoms with Crippen LogP contribution in [0.2, 0.25) is 4.34 Å². The molecule has 36 heavy (non-hydrogen) atoms. The van der Waals surface area contributed by atoms with Gasteiger partial charge in [-0.1, -0.05) is 11.6 Å². The molecule has 0 bridgehead atoms. The predicted octanol–water partition coefficient (Wildman–Crippen LogP) is 3.09. The lowest BCUT2D eigenvalue weighted by atomic mass is 10.1. The Bertz CT molecular complexity index is 1700. The van der Waals surface area contributed by atoms with Gasteiger partial charge in [-0.3, -0.25) is 4.79 Å². The topological polar surface area (TPSA) is 152 Å². The number of rotatable bonds is 5. The lowest BCUT2D eigenvalue weighted by molar-refractivity contribution is 0.256. The van der Waals surface area contributed by atoms with Gasteiger partial charge in [0.25, 0.3) is 15.6 Å². The van der Waals surface area contributed by atoms with Gasteiger partial charge in [-0.25, -0.2) is 32.5 Å². The Morgan fingerprint density at radius 2 is 2.00 bits per heavy atom. The first-order chi connectivity index (χ1) is 17.2. The van der Waals surface area contributed by atoms with E-state index in [0.717, 1.165) is 15.9 Å². The molecule has 0 unspecified atom stereocenters. The summed E-state index contributed by atoms with van der Waals surface area (Å²) in [5, 5.41) is 14.1. The van der Waals surface area contributed by atoms with Gasteiger partial charge < -0.3 is 15.2 Å². The molecule has 4 heterocycles. The number of amides is 2. The number of thiophene rings is 1. The molecule has 1 aromatic carbocycles. The Balaban J connectivity index is 1.36. The summed E-state index contributed by atoms with van der Waals surface area (Å²) in [4.78, 5) is 33.3. The van der Waals surface area contributed by atoms with Crippen LogP contribution in [0, 0.1) is 0 Å². The molecule has 0 spiro atoms. The first kappa shape index (κ1) is 23.8. The minimum atomic E-state index is -4.09. The van der Waals surface area contributed by atoms with Crippen LogP contribution in [-0.4, -0.2) is 48.2 Å². The van der Waals surface area contributed by atoms with E-state index < -0.39 is 21.6 Å². The maximum atomic E-state index is 12.8. The molecule has 11 nitrogen and oxygen atoms in total. The molecular formula is C22H16ClN5O6S2. The molecule has 2 amide bonds. The zero-order valence-corrected chi connectivity index (χ0v) is 20.5. The number of anilines is 1. The summed E-state index contributed by atoms with van der Waals surface area (Å²) in [5.41, 5.74) is 0.330. The minimum Gasteiger partial charge on any atom is -0.494 e. The number of urea groups is 1. The number of aliphatic imine (C=N–C) groups is 1. The van der Waals surface area contributed by atoms with Crippen molar-refractivity contribution >= 4 is 61.3 Å². The summed E-state index contributed by atoms with van der Waals surface area (Å²) in [5.74, 6) is 0.269. The summed E-state index contributed by atoms with van der Waals surface area (Å²) in [7, 11) is -4.09. The maximum Gasteiger partial charge on any atom is 0.333 e. The SMILES string of the molecule is O=C(Nc1ccc(-n2c(O)c3ccc(C4=NCCO4)cc3cc2=O)nc1)NS(=O)(=O)c1ccc(Cl)s1. The van der Waals surface area contributed by atoms with Gasteiger partial charge in [0.1, 0.15) is 16.6 Å². The smallest absolute Gasteiger partial charge is 0.333 e. The lowest BCUT2D eigenvalue weighted by Gasteiger charge is -2.12. The van der Waals surface area contributed by atoms with Crippen LogP contribution in [0.25, 0.3) is 16.6 Å². The Morgan fingerprint density at radius 3 is 2.67 bits per heavy atom. The van der Waals surface area contributed by atoms with Crippen LogP contribution in [0.3, 0.4) is 0 Å². The Morgan fingerprint density at radius 1 is 1.17 bits per heavy atom. The number of aromatic nitrogens is 2. The van der Waals surface area contributed by atoms with Crippen molar-refractivity contribution in [2.45, 2.75) is 4.21 Å². The standard InChI is InChI=1S/C22H16ClN5O6S2/c23-16-4-6-19(35-16)36(32,33)27-22(31)26-14-2-5-17(25-11-14)28-18(29)10-13-9-12(20-24-7-8-34-20)1-3-15(13)21(28)30/h1-6,9-11,30H,7-8H2,(H2,26,27,31). The van der Waals surface area contributed by atoms with E-state index in [0.29, 0.717) is 35.4 Å². The molecule has 0 saturated heterocycles. The molecule has 184 valence electrons. The van der Waals surface area contributed by atoms with E-state index in [1.54, 1.807) is 18.2 Å². The van der Waals surface area contributed by atoms with Crippen LogP contribution in [0.15, 0.2) is 68.7 Å². The van der Waals surface area contributed by atoms with Crippen molar-refractivity contribution < 1.29 is 23.1 Å². The average Bonchev–Trinajstić information content (AvgIpc) is 3.52. The van der Waals surface area contributed by atoms with Crippen molar-refractivity contribution in [3.8, 4) is 11.7 Å². The van der Waals surface area contributed by atoms with Crippen molar-refractivity contribution in [3.05, 3.63) is 75.0 Å². The van der Waals surface area contributed by atoms with Gasteiger partial charge in [0.2, 0.25) is 11.8 Å². The van der Waals surface area contributed by atoms with Crippen LogP contribution < -0.4 is 15.6 Å². The molecule has 4 aromatic rings. The number of carbonyl (C=O) groups is 1. The van der Waals surface area contributed by atoms with E-state index in [-0.39, 0.29) is 25.9 Å². The van der Waals surface area contributed by atoms with Gasteiger partial charge in [-0.05, 0) is 47.9 Å². The number of nitrogens with one attached hydrogen (secondary N) is 2. The quantitative estimate of drug-likeness (QED) is 0.348. The molecule has 0 atom stereocenters. The lowest BCUT2D eigenvalue weighted by Crippen LogP contribution is -2.34. The fourth-order valence-corrected chi connectivity index (χ4v) is 5.93. The normalized spacial score (nSPS) is 13.3. The van der Waals surface area contributed by atoms with Crippen LogP contribution in [0.1, 0.15) is 5.56 Å². The summed E-state index contributed by atoms with van der Waals surface area (Å²) in [6.07, 6.45) is 1.22. The van der Waals surface area contributed by atoms with Crippen molar-refractivity contribution in [2.75, 3.05) is 18.5 Å². The number of benzene rings is 1. The van der Waals surface area contributed by atoms with Crippen molar-refractivity contribution in [1.29, 1.82) is 0 Å². The van der Waals surface area contributed by atoms with Gasteiger partial charge in [-0.2, -0.15) is 0 Å². The fraction of sp³-hybridized carbons (Fsp3) is 0.0909. The number of hydrogen-bond acceptors (Lipinski definition) is 9. The first-order valence-corrected chi connectivity index (χ1v) is 13.0. The molecule has 1 aliphatic rings. The molecule has 0 fully saturated rings. The molecule has 3 N–H and O–H groups in total. The number of hydrogen-bond donors (Lipinski definition) is 3. The third-order valence-corrected chi connectivity index (χ3v) is 8.17. The first-order valence-electron chi connectivity index (χ1n) is 10.3. The number of ether oxygens (including phenoxy) is 1. The highest BCUT2D eigenvalue weighted by atomic mass is 35.5. The number of carbonyl (C=O) groups excluding carboxylic acids is 1. The second-order valence-corrected chi connectivity index (χ2v) is 11.1. The van der Waals surface area contributed by atoms with E-state index in [4.69, 9.17) is 16.3 Å². The number of fused-ring (bicyclic) bond motifs is 1. The molecule has 0 radical (unpaired) electrons. The molecule has 1 aliphatic heterocycles. The van der Waals surface area contributed by atoms with Gasteiger partial charge >= 0.3 is 6.03 Å². The number of pyridine rings is 2. The number of sulfonamides is 1. The Labute approximate surface area is 212 Å². The molecule has 0 aliphatic carbocycles. The zero-order valence-electron chi connectivity index (χ0n) is 18.1. The second-order valence-electron chi connectivity index (χ2n) is 7.50. The van der Waals surface area contributed by atoms with Gasteiger partial charge in [0, 0.05) is 17.0 Å². The van der Waals surface area contributed by atoms with Crippen LogP contribution >= 0.6 is 22.9 Å². The van der Waals surface area contributed by atoms with Crippen molar-refractivity contribution in [2.24, 2.45) is 4.99 Å². The Hall–Kier alpha value is -3.94. The second kappa shape index (κ2) is 9.26. The van der Waals surface area contributed by atoms with Gasteiger partial charge in [0.05, 0.1) is 22.8 Å². The molecule has 14 heteroatoms. The highest BCUT2D eigenvalue weighted by molar-refractivity contribution is 7.92. The zero-order chi connectivity index (χ0) is 25.4.